The molecule has 5 heteroatoms. The zero-order valence-corrected chi connectivity index (χ0v) is 11.4. The van der Waals surface area contributed by atoms with E-state index in [1.54, 1.807) is 19.2 Å². The van der Waals surface area contributed by atoms with E-state index in [1.165, 1.54) is 0 Å². The van der Waals surface area contributed by atoms with Crippen LogP contribution in [0.1, 0.15) is 10.4 Å². The van der Waals surface area contributed by atoms with Gasteiger partial charge in [-0.3, -0.25) is 4.79 Å². The predicted molar refractivity (Wildman–Crippen MR) is 71.2 cm³/mol. The molecule has 0 unspecified atom stereocenters. The van der Waals surface area contributed by atoms with Crippen molar-refractivity contribution in [2.24, 2.45) is 0 Å². The van der Waals surface area contributed by atoms with Crippen LogP contribution in [-0.4, -0.2) is 39.3 Å². The molecular formula is C12H17BrN2O2. The summed E-state index contributed by atoms with van der Waals surface area (Å²) < 4.78 is 5.86. The van der Waals surface area contributed by atoms with Crippen molar-refractivity contribution in [1.82, 2.24) is 10.6 Å². The van der Waals surface area contributed by atoms with Gasteiger partial charge in [0.15, 0.2) is 0 Å². The number of hydrogen-bond acceptors (Lipinski definition) is 3. The second-order valence-electron chi connectivity index (χ2n) is 3.51. The Labute approximate surface area is 110 Å². The first-order valence-corrected chi connectivity index (χ1v) is 6.27. The Morgan fingerprint density at radius 2 is 1.94 bits per heavy atom. The lowest BCUT2D eigenvalue weighted by Gasteiger charge is -2.06. The van der Waals surface area contributed by atoms with E-state index >= 15 is 0 Å². The maximum absolute atomic E-state index is 11.7. The first-order valence-electron chi connectivity index (χ1n) is 5.47. The summed E-state index contributed by atoms with van der Waals surface area (Å²) in [6.07, 6.45) is 0. The standard InChI is InChI=1S/C12H17BrN2O2/c1-17-9-8-14-6-7-15-12(16)10-2-4-11(13)5-3-10/h2-5,14H,6-9H2,1H3,(H,15,16). The van der Waals surface area contributed by atoms with E-state index in [0.29, 0.717) is 18.7 Å². The lowest BCUT2D eigenvalue weighted by Crippen LogP contribution is -2.33. The molecule has 2 N–H and O–H groups in total. The van der Waals surface area contributed by atoms with Crippen LogP contribution in [0.4, 0.5) is 0 Å². The number of carbonyl (C=O) groups excluding carboxylic acids is 1. The third-order valence-electron chi connectivity index (χ3n) is 2.18. The van der Waals surface area contributed by atoms with E-state index in [0.717, 1.165) is 17.6 Å². The van der Waals surface area contributed by atoms with E-state index < -0.39 is 0 Å². The number of nitrogens with one attached hydrogen (secondary N) is 2. The maximum Gasteiger partial charge on any atom is 0.251 e. The van der Waals surface area contributed by atoms with Crippen LogP contribution in [0.15, 0.2) is 28.7 Å². The van der Waals surface area contributed by atoms with E-state index in [1.807, 2.05) is 12.1 Å². The molecule has 0 saturated carbocycles. The molecule has 0 spiro atoms. The van der Waals surface area contributed by atoms with Crippen molar-refractivity contribution in [1.29, 1.82) is 0 Å². The smallest absolute Gasteiger partial charge is 0.251 e. The van der Waals surface area contributed by atoms with Crippen LogP contribution < -0.4 is 10.6 Å². The Hall–Kier alpha value is -0.910. The number of ether oxygens (including phenoxy) is 1. The molecule has 0 bridgehead atoms. The van der Waals surface area contributed by atoms with Crippen molar-refractivity contribution in [3.8, 4) is 0 Å². The SMILES string of the molecule is COCCNCCNC(=O)c1ccc(Br)cc1. The van der Waals surface area contributed by atoms with Gasteiger partial charge < -0.3 is 15.4 Å². The Balaban J connectivity index is 2.19. The molecule has 0 aliphatic heterocycles. The number of carbonyl (C=O) groups is 1. The van der Waals surface area contributed by atoms with Gasteiger partial charge in [0.1, 0.15) is 0 Å². The van der Waals surface area contributed by atoms with Crippen LogP contribution in [0.25, 0.3) is 0 Å². The highest BCUT2D eigenvalue weighted by molar-refractivity contribution is 9.10. The lowest BCUT2D eigenvalue weighted by atomic mass is 10.2. The lowest BCUT2D eigenvalue weighted by molar-refractivity contribution is 0.0953. The molecule has 17 heavy (non-hydrogen) atoms. The fourth-order valence-corrected chi connectivity index (χ4v) is 1.53. The third-order valence-corrected chi connectivity index (χ3v) is 2.71. The highest BCUT2D eigenvalue weighted by Gasteiger charge is 2.03. The fraction of sp³-hybridized carbons (Fsp3) is 0.417. The zero-order valence-electron chi connectivity index (χ0n) is 9.83. The van der Waals surface area contributed by atoms with Gasteiger partial charge in [0.05, 0.1) is 6.61 Å². The number of rotatable bonds is 7. The van der Waals surface area contributed by atoms with Crippen molar-refractivity contribution in [2.75, 3.05) is 33.4 Å². The number of methoxy groups -OCH3 is 1. The number of hydrogen-bond donors (Lipinski definition) is 2. The predicted octanol–water partition coefficient (Wildman–Crippen LogP) is 1.41. The Bertz CT molecular complexity index is 341. The Morgan fingerprint density at radius 3 is 2.59 bits per heavy atom. The molecular weight excluding hydrogens is 284 g/mol. The van der Waals surface area contributed by atoms with Gasteiger partial charge in [-0.2, -0.15) is 0 Å². The molecule has 0 saturated heterocycles. The summed E-state index contributed by atoms with van der Waals surface area (Å²) in [7, 11) is 1.66. The summed E-state index contributed by atoms with van der Waals surface area (Å²) >= 11 is 3.33. The minimum absolute atomic E-state index is 0.0500. The molecule has 0 aromatic heterocycles. The summed E-state index contributed by atoms with van der Waals surface area (Å²) in [5.74, 6) is -0.0500. The van der Waals surface area contributed by atoms with Crippen LogP contribution in [0.3, 0.4) is 0 Å². The van der Waals surface area contributed by atoms with E-state index in [2.05, 4.69) is 26.6 Å². The summed E-state index contributed by atoms with van der Waals surface area (Å²) in [5.41, 5.74) is 0.671. The number of amides is 1. The highest BCUT2D eigenvalue weighted by atomic mass is 79.9. The van der Waals surface area contributed by atoms with E-state index in [9.17, 15) is 4.79 Å². The van der Waals surface area contributed by atoms with Gasteiger partial charge in [0.25, 0.3) is 5.91 Å². The average Bonchev–Trinajstić information content (AvgIpc) is 2.34. The van der Waals surface area contributed by atoms with Crippen LogP contribution in [0.2, 0.25) is 0 Å². The van der Waals surface area contributed by atoms with Gasteiger partial charge in [-0.1, -0.05) is 15.9 Å². The number of halogens is 1. The van der Waals surface area contributed by atoms with Gasteiger partial charge in [-0.25, -0.2) is 0 Å². The fourth-order valence-electron chi connectivity index (χ4n) is 1.27. The molecule has 1 aromatic rings. The molecule has 0 fully saturated rings. The molecule has 0 aliphatic rings. The molecule has 94 valence electrons. The van der Waals surface area contributed by atoms with Gasteiger partial charge in [-0.05, 0) is 24.3 Å². The molecule has 1 amide bonds. The Kier molecular flexibility index (Phi) is 6.84. The second-order valence-corrected chi connectivity index (χ2v) is 4.42. The molecule has 4 nitrogen and oxygen atoms in total. The molecule has 0 radical (unpaired) electrons. The first-order chi connectivity index (χ1) is 8.24. The largest absolute Gasteiger partial charge is 0.383 e. The summed E-state index contributed by atoms with van der Waals surface area (Å²) in [6.45, 7) is 2.83. The van der Waals surface area contributed by atoms with Crippen LogP contribution >= 0.6 is 15.9 Å². The van der Waals surface area contributed by atoms with Crippen LogP contribution in [-0.2, 0) is 4.74 Å². The molecule has 0 aliphatic carbocycles. The van der Waals surface area contributed by atoms with Gasteiger partial charge in [0, 0.05) is 36.8 Å². The van der Waals surface area contributed by atoms with E-state index in [4.69, 9.17) is 4.74 Å². The normalized spacial score (nSPS) is 10.2. The minimum Gasteiger partial charge on any atom is -0.383 e. The van der Waals surface area contributed by atoms with Crippen molar-refractivity contribution >= 4 is 21.8 Å². The quantitative estimate of drug-likeness (QED) is 0.749. The minimum atomic E-state index is -0.0500. The van der Waals surface area contributed by atoms with Crippen molar-refractivity contribution < 1.29 is 9.53 Å². The van der Waals surface area contributed by atoms with Gasteiger partial charge in [0.2, 0.25) is 0 Å². The number of benzene rings is 1. The monoisotopic (exact) mass is 300 g/mol. The maximum atomic E-state index is 11.7. The Morgan fingerprint density at radius 1 is 1.24 bits per heavy atom. The van der Waals surface area contributed by atoms with Crippen LogP contribution in [0.5, 0.6) is 0 Å². The topological polar surface area (TPSA) is 50.4 Å². The molecule has 1 rings (SSSR count). The molecule has 1 aromatic carbocycles. The van der Waals surface area contributed by atoms with Crippen molar-refractivity contribution in [3.05, 3.63) is 34.3 Å². The van der Waals surface area contributed by atoms with Gasteiger partial charge in [-0.15, -0.1) is 0 Å². The first kappa shape index (κ1) is 14.2. The highest BCUT2D eigenvalue weighted by Crippen LogP contribution is 2.10. The van der Waals surface area contributed by atoms with E-state index in [-0.39, 0.29) is 5.91 Å². The average molecular weight is 301 g/mol. The van der Waals surface area contributed by atoms with Gasteiger partial charge >= 0.3 is 0 Å². The molecule has 0 heterocycles. The van der Waals surface area contributed by atoms with Crippen molar-refractivity contribution in [3.63, 3.8) is 0 Å². The summed E-state index contributed by atoms with van der Waals surface area (Å²) in [4.78, 5) is 11.7. The second kappa shape index (κ2) is 8.22. The third kappa shape index (κ3) is 5.81. The summed E-state index contributed by atoms with van der Waals surface area (Å²) in [6, 6.07) is 7.28. The van der Waals surface area contributed by atoms with Crippen LogP contribution in [0, 0.1) is 0 Å². The van der Waals surface area contributed by atoms with Crippen molar-refractivity contribution in [2.45, 2.75) is 0 Å². The molecule has 0 atom stereocenters. The summed E-state index contributed by atoms with van der Waals surface area (Å²) in [5, 5.41) is 5.99. The zero-order chi connectivity index (χ0) is 12.5.